The zero-order valence-electron chi connectivity index (χ0n) is 16.1. The third-order valence-electron chi connectivity index (χ3n) is 6.28. The Balaban J connectivity index is 1.26. The molecule has 4 nitrogen and oxygen atoms in total. The third-order valence-corrected chi connectivity index (χ3v) is 7.62. The van der Waals surface area contributed by atoms with Crippen LogP contribution in [0.1, 0.15) is 36.6 Å². The predicted molar refractivity (Wildman–Crippen MR) is 117 cm³/mol. The predicted octanol–water partition coefficient (Wildman–Crippen LogP) is 5.06. The highest BCUT2D eigenvalue weighted by molar-refractivity contribution is 7.18. The third kappa shape index (κ3) is 3.40. The molecule has 1 N–H and O–H groups in total. The first-order valence-electron chi connectivity index (χ1n) is 10.1. The van der Waals surface area contributed by atoms with Crippen molar-refractivity contribution in [2.45, 2.75) is 45.2 Å². The second-order valence-electron chi connectivity index (χ2n) is 8.24. The zero-order valence-corrected chi connectivity index (χ0v) is 17.7. The van der Waals surface area contributed by atoms with E-state index in [0.717, 1.165) is 36.7 Å². The lowest BCUT2D eigenvalue weighted by Crippen LogP contribution is -2.50. The number of nitrogens with one attached hydrogen (secondary N) is 1. The molecule has 2 fully saturated rings. The van der Waals surface area contributed by atoms with Crippen LogP contribution in [0.15, 0.2) is 36.4 Å². The van der Waals surface area contributed by atoms with Crippen molar-refractivity contribution in [3.8, 4) is 0 Å². The van der Waals surface area contributed by atoms with E-state index >= 15 is 0 Å². The molecular weight excluding hydrogens is 388 g/mol. The summed E-state index contributed by atoms with van der Waals surface area (Å²) < 4.78 is 0. The van der Waals surface area contributed by atoms with Gasteiger partial charge in [0.05, 0.1) is 5.39 Å². The number of hydrogen-bond donors (Lipinski definition) is 1. The molecule has 0 radical (unpaired) electrons. The van der Waals surface area contributed by atoms with E-state index < -0.39 is 0 Å². The van der Waals surface area contributed by atoms with E-state index in [9.17, 15) is 0 Å². The average Bonchev–Trinajstić information content (AvgIpc) is 3.30. The fraction of sp³-hybridized carbons (Fsp3) is 0.455. The number of aromatic nitrogens is 2. The molecular formula is C22H25ClN4S. The van der Waals surface area contributed by atoms with Crippen LogP contribution in [-0.2, 0) is 13.0 Å². The molecule has 1 spiro atoms. The fourth-order valence-corrected chi connectivity index (χ4v) is 5.96. The number of thiophene rings is 1. The Morgan fingerprint density at radius 1 is 1.25 bits per heavy atom. The maximum absolute atomic E-state index is 6.24. The molecule has 2 aromatic heterocycles. The molecule has 6 heteroatoms. The van der Waals surface area contributed by atoms with Gasteiger partial charge in [0, 0.05) is 30.6 Å². The molecule has 28 heavy (non-hydrogen) atoms. The van der Waals surface area contributed by atoms with Crippen molar-refractivity contribution in [2.75, 3.05) is 18.0 Å². The van der Waals surface area contributed by atoms with Crippen LogP contribution in [0.2, 0.25) is 5.28 Å². The van der Waals surface area contributed by atoms with Gasteiger partial charge in [0.25, 0.3) is 0 Å². The minimum atomic E-state index is 0.365. The lowest BCUT2D eigenvalue weighted by atomic mass is 9.65. The first-order valence-corrected chi connectivity index (χ1v) is 11.3. The highest BCUT2D eigenvalue weighted by Crippen LogP contribution is 2.49. The van der Waals surface area contributed by atoms with Gasteiger partial charge in [-0.25, -0.2) is 4.98 Å². The summed E-state index contributed by atoms with van der Waals surface area (Å²) in [6.07, 6.45) is 4.77. The standard InChI is InChI=1S/C22H25ClN4S/c1-2-17-10-18-19(25-21(23)26-20(18)28-17)27-9-8-22(14-27)11-16(12-22)24-13-15-6-4-3-5-7-15/h3-7,10,16,24H,2,8-9,11-14H2,1H3. The lowest BCUT2D eigenvalue weighted by Gasteiger charge is -2.45. The Morgan fingerprint density at radius 2 is 2.07 bits per heavy atom. The number of benzene rings is 1. The van der Waals surface area contributed by atoms with Gasteiger partial charge in [0.2, 0.25) is 5.28 Å². The Hall–Kier alpha value is -1.69. The number of anilines is 1. The second kappa shape index (κ2) is 7.29. The highest BCUT2D eigenvalue weighted by atomic mass is 35.5. The maximum Gasteiger partial charge on any atom is 0.225 e. The fourth-order valence-electron chi connectivity index (χ4n) is 4.78. The van der Waals surface area contributed by atoms with E-state index in [0.29, 0.717) is 16.7 Å². The van der Waals surface area contributed by atoms with Crippen LogP contribution in [0, 0.1) is 5.41 Å². The summed E-state index contributed by atoms with van der Waals surface area (Å²) in [4.78, 5) is 13.9. The van der Waals surface area contributed by atoms with Crippen LogP contribution in [-0.4, -0.2) is 29.1 Å². The molecule has 2 aliphatic rings. The SMILES string of the molecule is CCc1cc2c(N3CCC4(CC(NCc5ccccc5)C4)C3)nc(Cl)nc2s1. The molecule has 1 saturated heterocycles. The number of aryl methyl sites for hydroxylation is 1. The first kappa shape index (κ1) is 18.3. The van der Waals surface area contributed by atoms with Gasteiger partial charge in [0.1, 0.15) is 10.6 Å². The minimum Gasteiger partial charge on any atom is -0.355 e. The van der Waals surface area contributed by atoms with Gasteiger partial charge in [-0.05, 0) is 54.3 Å². The number of rotatable bonds is 5. The van der Waals surface area contributed by atoms with Gasteiger partial charge in [-0.3, -0.25) is 0 Å². The summed E-state index contributed by atoms with van der Waals surface area (Å²) in [5, 5.41) is 5.26. The van der Waals surface area contributed by atoms with E-state index in [-0.39, 0.29) is 0 Å². The maximum atomic E-state index is 6.24. The van der Waals surface area contributed by atoms with Gasteiger partial charge in [-0.15, -0.1) is 11.3 Å². The van der Waals surface area contributed by atoms with Crippen LogP contribution >= 0.6 is 22.9 Å². The van der Waals surface area contributed by atoms with Crippen molar-refractivity contribution in [3.05, 3.63) is 52.1 Å². The topological polar surface area (TPSA) is 41.0 Å². The summed E-state index contributed by atoms with van der Waals surface area (Å²) in [5.74, 6) is 1.03. The van der Waals surface area contributed by atoms with Crippen molar-refractivity contribution >= 4 is 39.0 Å². The average molecular weight is 413 g/mol. The van der Waals surface area contributed by atoms with Gasteiger partial charge in [-0.2, -0.15) is 4.98 Å². The van der Waals surface area contributed by atoms with Crippen LogP contribution in [0.3, 0.4) is 0 Å². The van der Waals surface area contributed by atoms with Crippen LogP contribution in [0.25, 0.3) is 10.2 Å². The quantitative estimate of drug-likeness (QED) is 0.595. The molecule has 0 bridgehead atoms. The van der Waals surface area contributed by atoms with Gasteiger partial charge in [0.15, 0.2) is 0 Å². The Morgan fingerprint density at radius 3 is 2.86 bits per heavy atom. The molecule has 3 aromatic rings. The molecule has 0 unspecified atom stereocenters. The van der Waals surface area contributed by atoms with Gasteiger partial charge >= 0.3 is 0 Å². The summed E-state index contributed by atoms with van der Waals surface area (Å²) in [6, 6.07) is 13.5. The number of nitrogens with zero attached hydrogens (tertiary/aromatic N) is 3. The van der Waals surface area contributed by atoms with Crippen LogP contribution in [0.4, 0.5) is 5.82 Å². The summed E-state index contributed by atoms with van der Waals surface area (Å²) in [5.41, 5.74) is 1.79. The highest BCUT2D eigenvalue weighted by Gasteiger charge is 2.48. The van der Waals surface area contributed by atoms with Crippen molar-refractivity contribution < 1.29 is 0 Å². The van der Waals surface area contributed by atoms with Gasteiger partial charge in [-0.1, -0.05) is 37.3 Å². The lowest BCUT2D eigenvalue weighted by molar-refractivity contribution is 0.106. The molecule has 5 rings (SSSR count). The van der Waals surface area contributed by atoms with E-state index in [1.165, 1.54) is 35.1 Å². The summed E-state index contributed by atoms with van der Waals surface area (Å²) in [7, 11) is 0. The normalized spacial score (nSPS) is 24.2. The molecule has 1 aliphatic heterocycles. The van der Waals surface area contributed by atoms with Crippen molar-refractivity contribution in [3.63, 3.8) is 0 Å². The number of fused-ring (bicyclic) bond motifs is 1. The Bertz CT molecular complexity index is 981. The molecule has 0 atom stereocenters. The number of hydrogen-bond acceptors (Lipinski definition) is 5. The van der Waals surface area contributed by atoms with Crippen molar-refractivity contribution in [1.29, 1.82) is 0 Å². The van der Waals surface area contributed by atoms with Crippen molar-refractivity contribution in [2.24, 2.45) is 5.41 Å². The minimum absolute atomic E-state index is 0.365. The first-order chi connectivity index (χ1) is 13.6. The molecule has 1 aliphatic carbocycles. The second-order valence-corrected chi connectivity index (χ2v) is 9.70. The van der Waals surface area contributed by atoms with Crippen LogP contribution < -0.4 is 10.2 Å². The number of halogens is 1. The Kier molecular flexibility index (Phi) is 4.77. The van der Waals surface area contributed by atoms with E-state index in [1.807, 2.05) is 0 Å². The summed E-state index contributed by atoms with van der Waals surface area (Å²) >= 11 is 7.98. The Labute approximate surface area is 175 Å². The smallest absolute Gasteiger partial charge is 0.225 e. The molecule has 1 aromatic carbocycles. The monoisotopic (exact) mass is 412 g/mol. The molecule has 146 valence electrons. The molecule has 0 amide bonds. The van der Waals surface area contributed by atoms with E-state index in [4.69, 9.17) is 11.6 Å². The largest absolute Gasteiger partial charge is 0.355 e. The van der Waals surface area contributed by atoms with Gasteiger partial charge < -0.3 is 10.2 Å². The van der Waals surface area contributed by atoms with E-state index in [2.05, 4.69) is 63.5 Å². The summed E-state index contributed by atoms with van der Waals surface area (Å²) in [6.45, 7) is 5.28. The van der Waals surface area contributed by atoms with E-state index in [1.54, 1.807) is 11.3 Å². The zero-order chi connectivity index (χ0) is 19.1. The molecule has 3 heterocycles. The van der Waals surface area contributed by atoms with Crippen molar-refractivity contribution in [1.82, 2.24) is 15.3 Å². The van der Waals surface area contributed by atoms with Crippen LogP contribution in [0.5, 0.6) is 0 Å². The molecule has 1 saturated carbocycles.